The lowest BCUT2D eigenvalue weighted by atomic mass is 9.57. The second kappa shape index (κ2) is 4.29. The predicted molar refractivity (Wildman–Crippen MR) is 77.6 cm³/mol. The van der Waals surface area contributed by atoms with E-state index < -0.39 is 5.60 Å². The van der Waals surface area contributed by atoms with Gasteiger partial charge in [-0.3, -0.25) is 9.59 Å². The van der Waals surface area contributed by atoms with Gasteiger partial charge >= 0.3 is 5.97 Å². The van der Waals surface area contributed by atoms with Gasteiger partial charge in [-0.25, -0.2) is 0 Å². The molecule has 3 aliphatic rings. The normalized spacial score (nSPS) is 44.3. The van der Waals surface area contributed by atoms with E-state index in [-0.39, 0.29) is 35.3 Å². The van der Waals surface area contributed by atoms with Crippen molar-refractivity contribution in [3.05, 3.63) is 23.8 Å². The molecule has 4 nitrogen and oxygen atoms in total. The van der Waals surface area contributed by atoms with Crippen molar-refractivity contribution in [2.45, 2.75) is 58.3 Å². The van der Waals surface area contributed by atoms with E-state index in [4.69, 9.17) is 9.47 Å². The van der Waals surface area contributed by atoms with Crippen LogP contribution in [0.4, 0.5) is 0 Å². The fraction of sp³-hybridized carbons (Fsp3) is 0.647. The smallest absolute Gasteiger partial charge is 0.302 e. The Bertz CT molecular complexity index is 575. The number of epoxide rings is 1. The van der Waals surface area contributed by atoms with Gasteiger partial charge in [0, 0.05) is 18.3 Å². The summed E-state index contributed by atoms with van der Waals surface area (Å²) in [5.41, 5.74) is 0.772. The Morgan fingerprint density at radius 2 is 2.14 bits per heavy atom. The van der Waals surface area contributed by atoms with Gasteiger partial charge in [-0.1, -0.05) is 26.0 Å². The number of hydrogen-bond acceptors (Lipinski definition) is 4. The van der Waals surface area contributed by atoms with Crippen LogP contribution in [0.1, 0.15) is 40.5 Å². The lowest BCUT2D eigenvalue weighted by Gasteiger charge is -2.47. The largest absolute Gasteiger partial charge is 0.462 e. The zero-order chi connectivity index (χ0) is 15.6. The van der Waals surface area contributed by atoms with Crippen LogP contribution in [0.25, 0.3) is 0 Å². The molecule has 0 bridgehead atoms. The summed E-state index contributed by atoms with van der Waals surface area (Å²) >= 11 is 0. The summed E-state index contributed by atoms with van der Waals surface area (Å²) < 4.78 is 11.4. The molecule has 5 atom stereocenters. The molecule has 21 heavy (non-hydrogen) atoms. The van der Waals surface area contributed by atoms with Gasteiger partial charge in [0.2, 0.25) is 0 Å². The number of hydrogen-bond donors (Lipinski definition) is 0. The van der Waals surface area contributed by atoms with Crippen LogP contribution >= 0.6 is 0 Å². The highest BCUT2D eigenvalue weighted by Gasteiger charge is 2.73. The molecular formula is C17H22O4. The number of fused-ring (bicyclic) bond motifs is 3. The third-order valence-electron chi connectivity index (χ3n) is 5.68. The second-order valence-corrected chi connectivity index (χ2v) is 6.81. The summed E-state index contributed by atoms with van der Waals surface area (Å²) in [6.45, 7) is 11.4. The molecule has 1 saturated carbocycles. The molecule has 0 N–H and O–H groups in total. The van der Waals surface area contributed by atoms with Crippen molar-refractivity contribution in [1.82, 2.24) is 0 Å². The summed E-state index contributed by atoms with van der Waals surface area (Å²) in [6.07, 6.45) is 2.99. The lowest BCUT2D eigenvalue weighted by molar-refractivity contribution is -0.153. The quantitative estimate of drug-likeness (QED) is 0.445. The first-order valence-electron chi connectivity index (χ1n) is 7.51. The van der Waals surface area contributed by atoms with Gasteiger partial charge in [-0.05, 0) is 31.4 Å². The topological polar surface area (TPSA) is 55.9 Å². The van der Waals surface area contributed by atoms with Crippen molar-refractivity contribution >= 4 is 11.8 Å². The van der Waals surface area contributed by atoms with Gasteiger partial charge in [0.15, 0.2) is 11.4 Å². The van der Waals surface area contributed by atoms with Crippen molar-refractivity contribution in [2.24, 2.45) is 11.3 Å². The standard InChI is InChI=1S/C17H22O4/c1-9(2)17-14(19)8-12-6-7-13(20-11(4)18)10(3)16(12,5)15(17)21-17/h8,10,13,15H,1,6-7H2,2-5H3/t10-,13+,15+,16+,17-/m0/s1. The molecule has 1 aliphatic heterocycles. The van der Waals surface area contributed by atoms with E-state index in [0.29, 0.717) is 0 Å². The molecule has 0 unspecified atom stereocenters. The molecule has 1 saturated heterocycles. The van der Waals surface area contributed by atoms with Crippen LogP contribution < -0.4 is 0 Å². The Hall–Kier alpha value is -1.42. The molecule has 1 heterocycles. The highest BCUT2D eigenvalue weighted by atomic mass is 16.6. The van der Waals surface area contributed by atoms with Crippen molar-refractivity contribution in [2.75, 3.05) is 0 Å². The van der Waals surface area contributed by atoms with E-state index in [1.807, 2.05) is 6.92 Å². The maximum Gasteiger partial charge on any atom is 0.302 e. The number of carbonyl (C=O) groups is 2. The average Bonchev–Trinajstić information content (AvgIpc) is 3.15. The van der Waals surface area contributed by atoms with E-state index in [2.05, 4.69) is 20.4 Å². The van der Waals surface area contributed by atoms with Crippen LogP contribution in [-0.2, 0) is 19.1 Å². The van der Waals surface area contributed by atoms with Crippen LogP contribution in [0.3, 0.4) is 0 Å². The summed E-state index contributed by atoms with van der Waals surface area (Å²) in [4.78, 5) is 23.7. The highest BCUT2D eigenvalue weighted by molar-refractivity contribution is 6.04. The van der Waals surface area contributed by atoms with Crippen LogP contribution in [0.15, 0.2) is 23.8 Å². The van der Waals surface area contributed by atoms with Crippen molar-refractivity contribution in [3.63, 3.8) is 0 Å². The summed E-state index contributed by atoms with van der Waals surface area (Å²) in [6, 6.07) is 0. The van der Waals surface area contributed by atoms with Crippen LogP contribution in [-0.4, -0.2) is 29.6 Å². The Balaban J connectivity index is 1.99. The van der Waals surface area contributed by atoms with E-state index in [1.54, 1.807) is 6.08 Å². The first-order chi connectivity index (χ1) is 9.74. The minimum absolute atomic E-state index is 0.0191. The molecule has 4 heteroatoms. The highest BCUT2D eigenvalue weighted by Crippen LogP contribution is 2.63. The maximum atomic E-state index is 12.4. The molecule has 0 aromatic rings. The summed E-state index contributed by atoms with van der Waals surface area (Å²) in [7, 11) is 0. The third kappa shape index (κ3) is 1.71. The summed E-state index contributed by atoms with van der Waals surface area (Å²) in [5.74, 6) is -0.121. The monoisotopic (exact) mass is 290 g/mol. The Morgan fingerprint density at radius 1 is 1.48 bits per heavy atom. The molecule has 2 aliphatic carbocycles. The minimum atomic E-state index is -0.843. The Labute approximate surface area is 125 Å². The Kier molecular flexibility index (Phi) is 2.97. The number of rotatable bonds is 2. The molecule has 114 valence electrons. The number of carbonyl (C=O) groups excluding carboxylic acids is 2. The van der Waals surface area contributed by atoms with E-state index in [9.17, 15) is 9.59 Å². The molecule has 0 aromatic carbocycles. The maximum absolute atomic E-state index is 12.4. The van der Waals surface area contributed by atoms with E-state index in [0.717, 1.165) is 24.0 Å². The fourth-order valence-electron chi connectivity index (χ4n) is 4.19. The summed E-state index contributed by atoms with van der Waals surface area (Å²) in [5, 5.41) is 0. The van der Waals surface area contributed by atoms with Crippen LogP contribution in [0.5, 0.6) is 0 Å². The molecule has 0 spiro atoms. The number of ketones is 1. The third-order valence-corrected chi connectivity index (χ3v) is 5.68. The first-order valence-corrected chi connectivity index (χ1v) is 7.51. The van der Waals surface area contributed by atoms with Crippen LogP contribution in [0.2, 0.25) is 0 Å². The zero-order valence-corrected chi connectivity index (χ0v) is 13.1. The van der Waals surface area contributed by atoms with Gasteiger partial charge in [0.05, 0.1) is 0 Å². The predicted octanol–water partition coefficient (Wildman–Crippen LogP) is 2.58. The molecule has 0 aromatic heterocycles. The van der Waals surface area contributed by atoms with Gasteiger partial charge < -0.3 is 9.47 Å². The van der Waals surface area contributed by atoms with E-state index in [1.165, 1.54) is 6.92 Å². The van der Waals surface area contributed by atoms with Gasteiger partial charge in [0.1, 0.15) is 12.2 Å². The van der Waals surface area contributed by atoms with Gasteiger partial charge in [-0.2, -0.15) is 0 Å². The molecule has 2 fully saturated rings. The van der Waals surface area contributed by atoms with E-state index >= 15 is 0 Å². The molecule has 0 radical (unpaired) electrons. The molecule has 3 rings (SSSR count). The van der Waals surface area contributed by atoms with Crippen molar-refractivity contribution < 1.29 is 19.1 Å². The van der Waals surface area contributed by atoms with Gasteiger partial charge in [-0.15, -0.1) is 0 Å². The molecular weight excluding hydrogens is 268 g/mol. The second-order valence-electron chi connectivity index (χ2n) is 6.81. The van der Waals surface area contributed by atoms with Gasteiger partial charge in [0.25, 0.3) is 0 Å². The Morgan fingerprint density at radius 3 is 2.71 bits per heavy atom. The average molecular weight is 290 g/mol. The van der Waals surface area contributed by atoms with Crippen molar-refractivity contribution in [1.29, 1.82) is 0 Å². The lowest BCUT2D eigenvalue weighted by Crippen LogP contribution is -2.51. The fourth-order valence-corrected chi connectivity index (χ4v) is 4.19. The zero-order valence-electron chi connectivity index (χ0n) is 13.1. The minimum Gasteiger partial charge on any atom is -0.462 e. The first kappa shape index (κ1) is 14.5. The SMILES string of the molecule is C=C(C)[C@@]12O[C@@H]1[C@@]1(C)C(=CC2=O)CC[C@@H](OC(C)=O)[C@@H]1C. The van der Waals surface area contributed by atoms with Crippen molar-refractivity contribution in [3.8, 4) is 0 Å². The van der Waals surface area contributed by atoms with Crippen LogP contribution in [0, 0.1) is 11.3 Å². The molecule has 0 amide bonds. The number of esters is 1. The number of ether oxygens (including phenoxy) is 2.